The number of rotatable bonds is 12. The van der Waals surface area contributed by atoms with E-state index in [0.717, 1.165) is 48.4 Å². The summed E-state index contributed by atoms with van der Waals surface area (Å²) in [6.45, 7) is 6.33. The van der Waals surface area contributed by atoms with Crippen molar-refractivity contribution in [2.45, 2.75) is 58.5 Å². The molecule has 5 heteroatoms. The van der Waals surface area contributed by atoms with E-state index < -0.39 is 0 Å². The Morgan fingerprint density at radius 2 is 1.69 bits per heavy atom. The van der Waals surface area contributed by atoms with Crippen LogP contribution in [0.25, 0.3) is 11.0 Å². The van der Waals surface area contributed by atoms with Crippen LogP contribution < -0.4 is 10.1 Å². The van der Waals surface area contributed by atoms with E-state index in [4.69, 9.17) is 9.72 Å². The minimum Gasteiger partial charge on any atom is -0.493 e. The molecule has 0 saturated heterocycles. The molecule has 0 aliphatic rings. The van der Waals surface area contributed by atoms with Crippen LogP contribution in [0.2, 0.25) is 0 Å². The summed E-state index contributed by atoms with van der Waals surface area (Å²) in [7, 11) is 0. The van der Waals surface area contributed by atoms with Crippen LogP contribution in [0.1, 0.15) is 56.0 Å². The number of amides is 1. The second-order valence-electron chi connectivity index (χ2n) is 9.18. The summed E-state index contributed by atoms with van der Waals surface area (Å²) in [5.74, 6) is 2.36. The molecule has 4 aromatic rings. The number of aromatic nitrogens is 2. The van der Waals surface area contributed by atoms with Crippen molar-refractivity contribution in [1.29, 1.82) is 0 Å². The predicted molar refractivity (Wildman–Crippen MR) is 142 cm³/mol. The fourth-order valence-electron chi connectivity index (χ4n) is 4.32. The number of aryl methyl sites for hydroxylation is 2. The molecule has 1 amide bonds. The van der Waals surface area contributed by atoms with Gasteiger partial charge >= 0.3 is 0 Å². The van der Waals surface area contributed by atoms with Crippen molar-refractivity contribution in [2.75, 3.05) is 6.61 Å². The van der Waals surface area contributed by atoms with Crippen molar-refractivity contribution in [3.63, 3.8) is 0 Å². The molecule has 0 fully saturated rings. The van der Waals surface area contributed by atoms with Crippen molar-refractivity contribution in [3.05, 3.63) is 95.8 Å². The van der Waals surface area contributed by atoms with Crippen LogP contribution in [0.3, 0.4) is 0 Å². The number of fused-ring (bicyclic) bond motifs is 1. The third-order valence-electron chi connectivity index (χ3n) is 6.24. The maximum Gasteiger partial charge on any atom is 0.220 e. The summed E-state index contributed by atoms with van der Waals surface area (Å²) >= 11 is 0. The molecule has 0 spiro atoms. The minimum atomic E-state index is 0.0460. The highest BCUT2D eigenvalue weighted by atomic mass is 16.5. The Labute approximate surface area is 208 Å². The van der Waals surface area contributed by atoms with Gasteiger partial charge in [-0.05, 0) is 54.5 Å². The van der Waals surface area contributed by atoms with Crippen molar-refractivity contribution in [3.8, 4) is 5.75 Å². The number of hydrogen-bond acceptors (Lipinski definition) is 3. The van der Waals surface area contributed by atoms with Gasteiger partial charge in [0.1, 0.15) is 11.6 Å². The zero-order valence-corrected chi connectivity index (χ0v) is 20.7. The summed E-state index contributed by atoms with van der Waals surface area (Å²) in [4.78, 5) is 17.3. The summed E-state index contributed by atoms with van der Waals surface area (Å²) in [6, 6.07) is 26.5. The van der Waals surface area contributed by atoms with Crippen molar-refractivity contribution < 1.29 is 9.53 Å². The normalized spacial score (nSPS) is 11.2. The molecule has 1 aromatic heterocycles. The molecule has 0 radical (unpaired) electrons. The van der Waals surface area contributed by atoms with Gasteiger partial charge in [-0.3, -0.25) is 4.79 Å². The Hall–Kier alpha value is -3.60. The second kappa shape index (κ2) is 12.2. The van der Waals surface area contributed by atoms with Gasteiger partial charge in [0.25, 0.3) is 0 Å². The van der Waals surface area contributed by atoms with Crippen LogP contribution in [-0.2, 0) is 24.3 Å². The molecule has 0 atom stereocenters. The highest BCUT2D eigenvalue weighted by Crippen LogP contribution is 2.26. The lowest BCUT2D eigenvalue weighted by Gasteiger charge is -2.14. The predicted octanol–water partition coefficient (Wildman–Crippen LogP) is 6.27. The first kappa shape index (κ1) is 24.5. The van der Waals surface area contributed by atoms with Crippen molar-refractivity contribution >= 4 is 16.9 Å². The Bertz CT molecular complexity index is 1230. The van der Waals surface area contributed by atoms with Gasteiger partial charge < -0.3 is 14.6 Å². The Kier molecular flexibility index (Phi) is 8.55. The Morgan fingerprint density at radius 3 is 2.51 bits per heavy atom. The lowest BCUT2D eigenvalue weighted by atomic mass is 10.0. The number of unbranched alkanes of at least 4 members (excludes halogenated alkanes) is 1. The first-order valence-corrected chi connectivity index (χ1v) is 12.6. The van der Waals surface area contributed by atoms with E-state index in [-0.39, 0.29) is 5.91 Å². The first-order valence-electron chi connectivity index (χ1n) is 12.6. The fourth-order valence-corrected chi connectivity index (χ4v) is 4.32. The highest BCUT2D eigenvalue weighted by molar-refractivity contribution is 5.77. The highest BCUT2D eigenvalue weighted by Gasteiger charge is 2.12. The maximum absolute atomic E-state index is 12.5. The maximum atomic E-state index is 12.5. The first-order chi connectivity index (χ1) is 17.1. The third-order valence-corrected chi connectivity index (χ3v) is 6.24. The minimum absolute atomic E-state index is 0.0460. The van der Waals surface area contributed by atoms with Gasteiger partial charge in [0.15, 0.2) is 0 Å². The lowest BCUT2D eigenvalue weighted by molar-refractivity contribution is -0.121. The van der Waals surface area contributed by atoms with Crippen LogP contribution in [-0.4, -0.2) is 22.1 Å². The van der Waals surface area contributed by atoms with Gasteiger partial charge in [-0.25, -0.2) is 4.98 Å². The number of nitrogens with zero attached hydrogens (tertiary/aromatic N) is 2. The molecule has 1 N–H and O–H groups in total. The zero-order chi connectivity index (χ0) is 24.5. The van der Waals surface area contributed by atoms with E-state index in [9.17, 15) is 4.79 Å². The molecule has 182 valence electrons. The van der Waals surface area contributed by atoms with Crippen LogP contribution in [0.4, 0.5) is 0 Å². The van der Waals surface area contributed by atoms with Gasteiger partial charge in [-0.1, -0.05) is 74.5 Å². The van der Waals surface area contributed by atoms with E-state index in [2.05, 4.69) is 60.1 Å². The van der Waals surface area contributed by atoms with E-state index in [1.165, 1.54) is 11.1 Å². The fraction of sp³-hybridized carbons (Fsp3) is 0.333. The summed E-state index contributed by atoms with van der Waals surface area (Å²) in [5.41, 5.74) is 4.49. The van der Waals surface area contributed by atoms with Crippen LogP contribution in [0.15, 0.2) is 78.9 Å². The number of carbonyl (C=O) groups is 1. The summed E-state index contributed by atoms with van der Waals surface area (Å²) in [5, 5.41) is 3.06. The standard InChI is InChI=1S/C30H35N3O2/c1-23(2)25-14-6-9-17-28(25)35-21-11-10-20-33-27-16-8-7-15-26(27)32-29(33)22-31-30(34)19-18-24-12-4-3-5-13-24/h3-9,12-17,23H,10-11,18-22H2,1-2H3,(H,31,34). The topological polar surface area (TPSA) is 56.1 Å². The van der Waals surface area contributed by atoms with Gasteiger partial charge in [0.2, 0.25) is 5.91 Å². The SMILES string of the molecule is CC(C)c1ccccc1OCCCCn1c(CNC(=O)CCc2ccccc2)nc2ccccc21. The molecule has 5 nitrogen and oxygen atoms in total. The Morgan fingerprint density at radius 1 is 0.943 bits per heavy atom. The quantitative estimate of drug-likeness (QED) is 0.249. The lowest BCUT2D eigenvalue weighted by Crippen LogP contribution is -2.25. The van der Waals surface area contributed by atoms with Crippen LogP contribution in [0, 0.1) is 0 Å². The molecule has 0 aliphatic heterocycles. The molecule has 3 aromatic carbocycles. The smallest absolute Gasteiger partial charge is 0.220 e. The summed E-state index contributed by atoms with van der Waals surface area (Å²) in [6.07, 6.45) is 3.13. The average molecular weight is 470 g/mol. The van der Waals surface area contributed by atoms with Gasteiger partial charge in [0, 0.05) is 13.0 Å². The van der Waals surface area contributed by atoms with Crippen LogP contribution >= 0.6 is 0 Å². The molecule has 0 saturated carbocycles. The number of para-hydroxylation sites is 3. The molecule has 35 heavy (non-hydrogen) atoms. The van der Waals surface area contributed by atoms with E-state index in [0.29, 0.717) is 25.5 Å². The molecule has 0 aliphatic carbocycles. The Balaban J connectivity index is 1.31. The van der Waals surface area contributed by atoms with Gasteiger partial charge in [0.05, 0.1) is 24.2 Å². The van der Waals surface area contributed by atoms with E-state index in [1.54, 1.807) is 0 Å². The van der Waals surface area contributed by atoms with Crippen molar-refractivity contribution in [2.24, 2.45) is 0 Å². The largest absolute Gasteiger partial charge is 0.493 e. The molecular formula is C30H35N3O2. The van der Waals surface area contributed by atoms with E-state index >= 15 is 0 Å². The van der Waals surface area contributed by atoms with Gasteiger partial charge in [-0.2, -0.15) is 0 Å². The molecule has 0 bridgehead atoms. The number of imidazole rings is 1. The molecular weight excluding hydrogens is 434 g/mol. The zero-order valence-electron chi connectivity index (χ0n) is 20.7. The van der Waals surface area contributed by atoms with Gasteiger partial charge in [-0.15, -0.1) is 0 Å². The number of ether oxygens (including phenoxy) is 1. The monoisotopic (exact) mass is 469 g/mol. The van der Waals surface area contributed by atoms with Crippen LogP contribution in [0.5, 0.6) is 5.75 Å². The number of carbonyl (C=O) groups excluding carboxylic acids is 1. The third kappa shape index (κ3) is 6.72. The molecule has 0 unspecified atom stereocenters. The molecule has 4 rings (SSSR count). The number of benzene rings is 3. The van der Waals surface area contributed by atoms with E-state index in [1.807, 2.05) is 42.5 Å². The molecule has 1 heterocycles. The van der Waals surface area contributed by atoms with Crippen molar-refractivity contribution in [1.82, 2.24) is 14.9 Å². The average Bonchev–Trinajstić information content (AvgIpc) is 3.24. The number of hydrogen-bond donors (Lipinski definition) is 1. The summed E-state index contributed by atoms with van der Waals surface area (Å²) < 4.78 is 8.33. The number of nitrogens with one attached hydrogen (secondary N) is 1. The second-order valence-corrected chi connectivity index (χ2v) is 9.18.